The number of nitrogens with zero attached hydrogens (tertiary/aromatic N) is 3. The second-order valence-electron chi connectivity index (χ2n) is 6.11. The minimum atomic E-state index is -0.590. The van der Waals surface area contributed by atoms with Crippen LogP contribution in [0.1, 0.15) is 24.5 Å². The van der Waals surface area contributed by atoms with E-state index in [0.717, 1.165) is 10.6 Å². The predicted octanol–water partition coefficient (Wildman–Crippen LogP) is 1.46. The molecule has 0 aromatic carbocycles. The van der Waals surface area contributed by atoms with Crippen molar-refractivity contribution in [3.8, 4) is 0 Å². The molecular weight excluding hydrogens is 320 g/mol. The number of ether oxygens (including phenoxy) is 1. The minimum absolute atomic E-state index is 0.105. The molecule has 0 bridgehead atoms. The van der Waals surface area contributed by atoms with Crippen LogP contribution in [0.15, 0.2) is 5.38 Å². The highest BCUT2D eigenvalue weighted by Gasteiger charge is 2.38. The second-order valence-corrected chi connectivity index (χ2v) is 6.97. The molecular formula is C14H16N4O4S. The Kier molecular flexibility index (Phi) is 3.44. The molecule has 1 aromatic heterocycles. The van der Waals surface area contributed by atoms with Gasteiger partial charge >= 0.3 is 12.1 Å². The largest absolute Gasteiger partial charge is 0.439 e. The fourth-order valence-electron chi connectivity index (χ4n) is 2.75. The lowest BCUT2D eigenvalue weighted by Crippen LogP contribution is -2.55. The van der Waals surface area contributed by atoms with Gasteiger partial charge in [0.2, 0.25) is 0 Å². The number of aromatic nitrogens is 1. The maximum atomic E-state index is 12.1. The van der Waals surface area contributed by atoms with E-state index in [2.05, 4.69) is 15.0 Å². The van der Waals surface area contributed by atoms with Gasteiger partial charge in [0, 0.05) is 36.9 Å². The van der Waals surface area contributed by atoms with Gasteiger partial charge in [-0.05, 0) is 12.8 Å². The standard InChI is InChI=1S/C14H16N4O4S/c19-11-6-22-14(21)18(11)5-8-3-17(4-8)13(20)16-12-15-10(7-23-12)9-1-2-9/h7-9H,1-6H2,(H,15,16,20). The monoisotopic (exact) mass is 336 g/mol. The van der Waals surface area contributed by atoms with Gasteiger partial charge in [-0.1, -0.05) is 0 Å². The normalized spacial score (nSPS) is 21.4. The van der Waals surface area contributed by atoms with Crippen LogP contribution >= 0.6 is 11.3 Å². The lowest BCUT2D eigenvalue weighted by atomic mass is 10.0. The smallest absolute Gasteiger partial charge is 0.417 e. The van der Waals surface area contributed by atoms with Gasteiger partial charge in [0.05, 0.1) is 5.69 Å². The van der Waals surface area contributed by atoms with E-state index in [1.165, 1.54) is 24.2 Å². The van der Waals surface area contributed by atoms with Crippen molar-refractivity contribution in [1.29, 1.82) is 0 Å². The fourth-order valence-corrected chi connectivity index (χ4v) is 3.53. The summed E-state index contributed by atoms with van der Waals surface area (Å²) in [4.78, 5) is 42.1. The molecule has 122 valence electrons. The molecule has 4 amide bonds. The zero-order valence-electron chi connectivity index (χ0n) is 12.4. The summed E-state index contributed by atoms with van der Waals surface area (Å²) < 4.78 is 4.66. The van der Waals surface area contributed by atoms with Crippen molar-refractivity contribution in [1.82, 2.24) is 14.8 Å². The summed E-state index contributed by atoms with van der Waals surface area (Å²) in [6.07, 6.45) is 1.78. The zero-order valence-corrected chi connectivity index (χ0v) is 13.2. The summed E-state index contributed by atoms with van der Waals surface area (Å²) in [6.45, 7) is 1.17. The number of carbonyl (C=O) groups is 3. The van der Waals surface area contributed by atoms with Crippen LogP contribution in [0.5, 0.6) is 0 Å². The Bertz CT molecular complexity index is 649. The Hall–Kier alpha value is -2.16. The van der Waals surface area contributed by atoms with Crippen LogP contribution in [0.3, 0.4) is 0 Å². The molecule has 2 saturated heterocycles. The predicted molar refractivity (Wildman–Crippen MR) is 81.2 cm³/mol. The van der Waals surface area contributed by atoms with Gasteiger partial charge in [-0.15, -0.1) is 11.3 Å². The van der Waals surface area contributed by atoms with Crippen molar-refractivity contribution in [2.24, 2.45) is 5.92 Å². The van der Waals surface area contributed by atoms with Gasteiger partial charge < -0.3 is 9.64 Å². The number of hydrogen-bond acceptors (Lipinski definition) is 6. The number of amides is 4. The van der Waals surface area contributed by atoms with Crippen LogP contribution in [0, 0.1) is 5.92 Å². The lowest BCUT2D eigenvalue weighted by Gasteiger charge is -2.39. The maximum Gasteiger partial charge on any atom is 0.417 e. The van der Waals surface area contributed by atoms with E-state index in [4.69, 9.17) is 0 Å². The zero-order chi connectivity index (χ0) is 16.0. The Labute approximate surface area is 136 Å². The second kappa shape index (κ2) is 5.48. The molecule has 9 heteroatoms. The first-order valence-electron chi connectivity index (χ1n) is 7.58. The summed E-state index contributed by atoms with van der Waals surface area (Å²) in [5.74, 6) is 0.366. The van der Waals surface area contributed by atoms with E-state index < -0.39 is 6.09 Å². The van der Waals surface area contributed by atoms with E-state index in [-0.39, 0.29) is 24.5 Å². The highest BCUT2D eigenvalue weighted by Crippen LogP contribution is 2.40. The van der Waals surface area contributed by atoms with Crippen LogP contribution in [-0.2, 0) is 9.53 Å². The Balaban J connectivity index is 1.25. The molecule has 3 heterocycles. The van der Waals surface area contributed by atoms with Crippen LogP contribution in [0.2, 0.25) is 0 Å². The number of anilines is 1. The molecule has 1 saturated carbocycles. The van der Waals surface area contributed by atoms with Gasteiger partial charge in [0.25, 0.3) is 5.91 Å². The van der Waals surface area contributed by atoms with Gasteiger partial charge in [0.15, 0.2) is 11.7 Å². The number of cyclic esters (lactones) is 1. The lowest BCUT2D eigenvalue weighted by molar-refractivity contribution is -0.126. The molecule has 4 rings (SSSR count). The molecule has 3 fully saturated rings. The summed E-state index contributed by atoms with van der Waals surface area (Å²) in [6, 6.07) is -0.187. The summed E-state index contributed by atoms with van der Waals surface area (Å²) in [7, 11) is 0. The number of likely N-dealkylation sites (tertiary alicyclic amines) is 1. The Morgan fingerprint density at radius 1 is 1.39 bits per heavy atom. The summed E-state index contributed by atoms with van der Waals surface area (Å²) in [5, 5.41) is 5.42. The van der Waals surface area contributed by atoms with E-state index in [1.807, 2.05) is 5.38 Å². The van der Waals surface area contributed by atoms with Gasteiger partial charge in [-0.25, -0.2) is 19.5 Å². The Morgan fingerprint density at radius 3 is 2.83 bits per heavy atom. The number of imide groups is 1. The van der Waals surface area contributed by atoms with Gasteiger partial charge in [-0.3, -0.25) is 10.1 Å². The third-order valence-corrected chi connectivity index (χ3v) is 5.03. The molecule has 1 aliphatic carbocycles. The molecule has 3 aliphatic rings. The third-order valence-electron chi connectivity index (χ3n) is 4.26. The highest BCUT2D eigenvalue weighted by molar-refractivity contribution is 7.13. The van der Waals surface area contributed by atoms with Crippen molar-refractivity contribution in [3.05, 3.63) is 11.1 Å². The molecule has 0 unspecified atom stereocenters. The van der Waals surface area contributed by atoms with Gasteiger partial charge in [0.1, 0.15) is 0 Å². The Morgan fingerprint density at radius 2 is 2.17 bits per heavy atom. The number of thiazole rings is 1. The average molecular weight is 336 g/mol. The van der Waals surface area contributed by atoms with Crippen molar-refractivity contribution in [2.45, 2.75) is 18.8 Å². The van der Waals surface area contributed by atoms with E-state index >= 15 is 0 Å². The van der Waals surface area contributed by atoms with Crippen molar-refractivity contribution < 1.29 is 19.1 Å². The van der Waals surface area contributed by atoms with Crippen LogP contribution < -0.4 is 5.32 Å². The van der Waals surface area contributed by atoms with Crippen molar-refractivity contribution in [2.75, 3.05) is 31.6 Å². The van der Waals surface area contributed by atoms with Crippen molar-refractivity contribution >= 4 is 34.5 Å². The number of hydrogen-bond donors (Lipinski definition) is 1. The van der Waals surface area contributed by atoms with E-state index in [1.54, 1.807) is 4.90 Å². The minimum Gasteiger partial charge on any atom is -0.439 e. The molecule has 2 aliphatic heterocycles. The van der Waals surface area contributed by atoms with Crippen LogP contribution in [0.4, 0.5) is 14.7 Å². The van der Waals surface area contributed by atoms with E-state index in [9.17, 15) is 14.4 Å². The third kappa shape index (κ3) is 2.88. The average Bonchev–Trinajstić information content (AvgIpc) is 3.15. The van der Waals surface area contributed by atoms with Crippen LogP contribution in [-0.4, -0.2) is 59.1 Å². The number of urea groups is 1. The first kappa shape index (κ1) is 14.4. The molecule has 1 N–H and O–H groups in total. The maximum absolute atomic E-state index is 12.1. The topological polar surface area (TPSA) is 91.8 Å². The quantitative estimate of drug-likeness (QED) is 0.899. The first-order chi connectivity index (χ1) is 11.1. The van der Waals surface area contributed by atoms with Gasteiger partial charge in [-0.2, -0.15) is 0 Å². The number of carbonyl (C=O) groups excluding carboxylic acids is 3. The van der Waals surface area contributed by atoms with Crippen molar-refractivity contribution in [3.63, 3.8) is 0 Å². The molecule has 0 radical (unpaired) electrons. The molecule has 1 aromatic rings. The summed E-state index contributed by atoms with van der Waals surface area (Å²) in [5.41, 5.74) is 1.07. The molecule has 23 heavy (non-hydrogen) atoms. The van der Waals surface area contributed by atoms with Crippen LogP contribution in [0.25, 0.3) is 0 Å². The number of nitrogens with one attached hydrogen (secondary N) is 1. The highest BCUT2D eigenvalue weighted by atomic mass is 32.1. The SMILES string of the molecule is O=C(Nc1nc(C2CC2)cs1)N1CC(CN2C(=O)COC2=O)C1. The molecule has 8 nitrogen and oxygen atoms in total. The first-order valence-corrected chi connectivity index (χ1v) is 8.46. The summed E-state index contributed by atoms with van der Waals surface area (Å²) >= 11 is 1.44. The van der Waals surface area contributed by atoms with E-state index in [0.29, 0.717) is 30.7 Å². The molecule has 0 spiro atoms. The number of rotatable bonds is 4. The molecule has 0 atom stereocenters. The fraction of sp³-hybridized carbons (Fsp3) is 0.571.